The molecule has 0 aromatic heterocycles. The molecule has 0 fully saturated rings. The summed E-state index contributed by atoms with van der Waals surface area (Å²) < 4.78 is 5.67. The van der Waals surface area contributed by atoms with Crippen LogP contribution in [0.25, 0.3) is 0 Å². The van der Waals surface area contributed by atoms with E-state index in [4.69, 9.17) is 22.1 Å². The zero-order valence-electron chi connectivity index (χ0n) is 9.84. The molecule has 3 heteroatoms. The third kappa shape index (κ3) is 1.98. The highest BCUT2D eigenvalue weighted by molar-refractivity contribution is 6.30. The Morgan fingerprint density at radius 2 is 2.00 bits per heavy atom. The van der Waals surface area contributed by atoms with Crippen molar-refractivity contribution in [2.24, 2.45) is 5.73 Å². The Morgan fingerprint density at radius 1 is 1.17 bits per heavy atom. The lowest BCUT2D eigenvalue weighted by atomic mass is 9.89. The van der Waals surface area contributed by atoms with Crippen LogP contribution in [0, 0.1) is 0 Å². The van der Waals surface area contributed by atoms with Crippen LogP contribution >= 0.6 is 11.6 Å². The molecule has 1 aliphatic heterocycles. The molecule has 0 bridgehead atoms. The molecule has 0 aliphatic carbocycles. The standard InChI is InChI=1S/C15H14ClNO/c16-11-5-3-4-10(8-11)15(17)13-9-18-14-7-2-1-6-12(13)14/h1-8,13,15H,9,17H2. The lowest BCUT2D eigenvalue weighted by Gasteiger charge is -2.18. The van der Waals surface area contributed by atoms with Gasteiger partial charge in [0.1, 0.15) is 5.75 Å². The van der Waals surface area contributed by atoms with Gasteiger partial charge in [-0.05, 0) is 23.8 Å². The largest absolute Gasteiger partial charge is 0.493 e. The molecule has 2 N–H and O–H groups in total. The van der Waals surface area contributed by atoms with Crippen molar-refractivity contribution in [1.82, 2.24) is 0 Å². The van der Waals surface area contributed by atoms with Gasteiger partial charge in [-0.15, -0.1) is 0 Å². The molecule has 0 saturated heterocycles. The molecule has 2 aromatic carbocycles. The maximum Gasteiger partial charge on any atom is 0.122 e. The molecule has 2 unspecified atom stereocenters. The number of fused-ring (bicyclic) bond motifs is 1. The van der Waals surface area contributed by atoms with E-state index >= 15 is 0 Å². The summed E-state index contributed by atoms with van der Waals surface area (Å²) >= 11 is 6.01. The first-order valence-electron chi connectivity index (χ1n) is 5.98. The second kappa shape index (κ2) is 4.63. The normalized spacial score (nSPS) is 19.1. The molecule has 92 valence electrons. The van der Waals surface area contributed by atoms with Gasteiger partial charge in [0.25, 0.3) is 0 Å². The van der Waals surface area contributed by atoms with Gasteiger partial charge >= 0.3 is 0 Å². The predicted octanol–water partition coefficient (Wildman–Crippen LogP) is 3.52. The molecule has 1 heterocycles. The topological polar surface area (TPSA) is 35.2 Å². The van der Waals surface area contributed by atoms with E-state index in [9.17, 15) is 0 Å². The van der Waals surface area contributed by atoms with Crippen LogP contribution in [0.15, 0.2) is 48.5 Å². The van der Waals surface area contributed by atoms with Gasteiger partial charge in [-0.1, -0.05) is 41.9 Å². The third-order valence-electron chi connectivity index (χ3n) is 3.40. The van der Waals surface area contributed by atoms with Crippen molar-refractivity contribution in [3.63, 3.8) is 0 Å². The van der Waals surface area contributed by atoms with Gasteiger partial charge in [0, 0.05) is 22.5 Å². The monoisotopic (exact) mass is 259 g/mol. The van der Waals surface area contributed by atoms with E-state index in [1.807, 2.05) is 42.5 Å². The summed E-state index contributed by atoms with van der Waals surface area (Å²) in [5.41, 5.74) is 8.58. The first-order chi connectivity index (χ1) is 8.75. The Hall–Kier alpha value is -1.51. The number of nitrogens with two attached hydrogens (primary N) is 1. The van der Waals surface area contributed by atoms with Crippen molar-refractivity contribution >= 4 is 11.6 Å². The van der Waals surface area contributed by atoms with E-state index in [0.717, 1.165) is 16.3 Å². The van der Waals surface area contributed by atoms with Crippen molar-refractivity contribution in [3.05, 3.63) is 64.7 Å². The second-order valence-corrected chi connectivity index (χ2v) is 4.97. The molecule has 0 saturated carbocycles. The number of para-hydroxylation sites is 1. The Balaban J connectivity index is 1.93. The summed E-state index contributed by atoms with van der Waals surface area (Å²) in [7, 11) is 0. The van der Waals surface area contributed by atoms with Crippen molar-refractivity contribution in [1.29, 1.82) is 0 Å². The summed E-state index contributed by atoms with van der Waals surface area (Å²) in [5.74, 6) is 1.14. The molecule has 18 heavy (non-hydrogen) atoms. The van der Waals surface area contributed by atoms with Crippen LogP contribution in [-0.2, 0) is 0 Å². The zero-order chi connectivity index (χ0) is 12.5. The molecule has 0 amide bonds. The minimum atomic E-state index is -0.0904. The van der Waals surface area contributed by atoms with E-state index in [0.29, 0.717) is 6.61 Å². The Labute approximate surface area is 111 Å². The minimum Gasteiger partial charge on any atom is -0.493 e. The average Bonchev–Trinajstić information content (AvgIpc) is 2.82. The summed E-state index contributed by atoms with van der Waals surface area (Å²) in [6.45, 7) is 0.632. The van der Waals surface area contributed by atoms with Crippen molar-refractivity contribution in [2.75, 3.05) is 6.61 Å². The van der Waals surface area contributed by atoms with Crippen LogP contribution in [-0.4, -0.2) is 6.61 Å². The lowest BCUT2D eigenvalue weighted by molar-refractivity contribution is 0.315. The highest BCUT2D eigenvalue weighted by atomic mass is 35.5. The first-order valence-corrected chi connectivity index (χ1v) is 6.36. The summed E-state index contributed by atoms with van der Waals surface area (Å²) in [6, 6.07) is 15.7. The summed E-state index contributed by atoms with van der Waals surface area (Å²) in [6.07, 6.45) is 0. The fraction of sp³-hybridized carbons (Fsp3) is 0.200. The fourth-order valence-electron chi connectivity index (χ4n) is 2.43. The minimum absolute atomic E-state index is 0.0904. The molecule has 2 atom stereocenters. The smallest absolute Gasteiger partial charge is 0.122 e. The van der Waals surface area contributed by atoms with E-state index in [-0.39, 0.29) is 12.0 Å². The zero-order valence-corrected chi connectivity index (χ0v) is 10.6. The molecular formula is C15H14ClNO. The molecule has 3 rings (SSSR count). The Morgan fingerprint density at radius 3 is 2.83 bits per heavy atom. The van der Waals surface area contributed by atoms with Crippen LogP contribution in [0.4, 0.5) is 0 Å². The first kappa shape index (κ1) is 11.6. The van der Waals surface area contributed by atoms with Crippen LogP contribution in [0.1, 0.15) is 23.1 Å². The molecule has 2 nitrogen and oxygen atoms in total. The predicted molar refractivity (Wildman–Crippen MR) is 73.1 cm³/mol. The quantitative estimate of drug-likeness (QED) is 0.896. The summed E-state index contributed by atoms with van der Waals surface area (Å²) in [5, 5.41) is 0.718. The van der Waals surface area contributed by atoms with E-state index in [1.165, 1.54) is 5.56 Å². The SMILES string of the molecule is NC(c1cccc(Cl)c1)C1COc2ccccc21. The molecule has 2 aromatic rings. The number of hydrogen-bond acceptors (Lipinski definition) is 2. The van der Waals surface area contributed by atoms with Gasteiger partial charge < -0.3 is 10.5 Å². The van der Waals surface area contributed by atoms with Gasteiger partial charge in [0.2, 0.25) is 0 Å². The van der Waals surface area contributed by atoms with Crippen LogP contribution in [0.5, 0.6) is 5.75 Å². The molecule has 1 aliphatic rings. The average molecular weight is 260 g/mol. The number of halogens is 1. The Kier molecular flexibility index (Phi) is 2.98. The van der Waals surface area contributed by atoms with E-state index in [1.54, 1.807) is 0 Å². The van der Waals surface area contributed by atoms with Gasteiger partial charge in [0.15, 0.2) is 0 Å². The van der Waals surface area contributed by atoms with Crippen LogP contribution in [0.3, 0.4) is 0 Å². The Bertz CT molecular complexity index is 570. The molecular weight excluding hydrogens is 246 g/mol. The summed E-state index contributed by atoms with van der Waals surface area (Å²) in [4.78, 5) is 0. The number of benzene rings is 2. The lowest BCUT2D eigenvalue weighted by Crippen LogP contribution is -2.20. The maximum absolute atomic E-state index is 6.35. The van der Waals surface area contributed by atoms with Gasteiger partial charge in [-0.3, -0.25) is 0 Å². The highest BCUT2D eigenvalue weighted by Gasteiger charge is 2.29. The van der Waals surface area contributed by atoms with E-state index < -0.39 is 0 Å². The van der Waals surface area contributed by atoms with Gasteiger partial charge in [-0.2, -0.15) is 0 Å². The highest BCUT2D eigenvalue weighted by Crippen LogP contribution is 2.40. The van der Waals surface area contributed by atoms with Gasteiger partial charge in [0.05, 0.1) is 6.61 Å². The van der Waals surface area contributed by atoms with Crippen molar-refractivity contribution < 1.29 is 4.74 Å². The molecule has 0 radical (unpaired) electrons. The third-order valence-corrected chi connectivity index (χ3v) is 3.64. The second-order valence-electron chi connectivity index (χ2n) is 4.54. The van der Waals surface area contributed by atoms with E-state index in [2.05, 4.69) is 6.07 Å². The van der Waals surface area contributed by atoms with Crippen LogP contribution < -0.4 is 10.5 Å². The molecule has 0 spiro atoms. The van der Waals surface area contributed by atoms with Gasteiger partial charge in [-0.25, -0.2) is 0 Å². The fourth-order valence-corrected chi connectivity index (χ4v) is 2.63. The van der Waals surface area contributed by atoms with Crippen molar-refractivity contribution in [3.8, 4) is 5.75 Å². The van der Waals surface area contributed by atoms with Crippen LogP contribution in [0.2, 0.25) is 5.02 Å². The number of ether oxygens (including phenoxy) is 1. The number of hydrogen-bond donors (Lipinski definition) is 1. The number of rotatable bonds is 2. The maximum atomic E-state index is 6.35. The van der Waals surface area contributed by atoms with Crippen molar-refractivity contribution in [2.45, 2.75) is 12.0 Å².